The predicted octanol–water partition coefficient (Wildman–Crippen LogP) is 0.327. The van der Waals surface area contributed by atoms with Gasteiger partial charge in [-0.15, -0.1) is 0 Å². The molecule has 0 saturated carbocycles. The van der Waals surface area contributed by atoms with Gasteiger partial charge in [0.05, 0.1) is 11.8 Å². The Labute approximate surface area is 93.5 Å². The normalized spacial score (nSPS) is 11.3. The van der Waals surface area contributed by atoms with Crippen LogP contribution in [0.1, 0.15) is 0 Å². The van der Waals surface area contributed by atoms with Gasteiger partial charge in [-0.2, -0.15) is 5.10 Å². The quantitative estimate of drug-likeness (QED) is 0.688. The van der Waals surface area contributed by atoms with Crippen LogP contribution in [-0.4, -0.2) is 25.3 Å². The number of aromatic nitrogens is 3. The lowest BCUT2D eigenvalue weighted by molar-refractivity contribution is -0.138. The number of fused-ring (bicyclic) bond motifs is 3. The number of rotatable bonds is 2. The molecule has 0 bridgehead atoms. The third kappa shape index (κ3) is 1.32. The van der Waals surface area contributed by atoms with E-state index in [4.69, 9.17) is 9.52 Å². The predicted molar refractivity (Wildman–Crippen MR) is 56.9 cm³/mol. The third-order valence-corrected chi connectivity index (χ3v) is 2.51. The fourth-order valence-corrected chi connectivity index (χ4v) is 1.77. The van der Waals surface area contributed by atoms with Crippen molar-refractivity contribution in [3.63, 3.8) is 0 Å². The Morgan fingerprint density at radius 2 is 2.29 bits per heavy atom. The van der Waals surface area contributed by atoms with Crippen LogP contribution >= 0.6 is 0 Å². The van der Waals surface area contributed by atoms with Crippen LogP contribution in [0.3, 0.4) is 0 Å². The Morgan fingerprint density at radius 1 is 1.47 bits per heavy atom. The molecule has 0 aliphatic heterocycles. The minimum atomic E-state index is -1.11. The lowest BCUT2D eigenvalue weighted by atomic mass is 10.5. The zero-order valence-electron chi connectivity index (χ0n) is 8.53. The molecule has 3 heterocycles. The van der Waals surface area contributed by atoms with Crippen molar-refractivity contribution in [2.24, 2.45) is 0 Å². The number of nitrogens with zero attached hydrogens (tertiary/aromatic N) is 3. The highest BCUT2D eigenvalue weighted by molar-refractivity contribution is 5.81. The second-order valence-electron chi connectivity index (χ2n) is 3.56. The van der Waals surface area contributed by atoms with Crippen LogP contribution in [0.15, 0.2) is 33.9 Å². The standard InChI is InChI=1S/C10H7N3O4/c14-9(15)4-13-10(16)7-3-8-6(1-2-17-8)12(7)5-11-13/h1-3,5H,4H2,(H,14,15). The van der Waals surface area contributed by atoms with Gasteiger partial charge in [0.25, 0.3) is 5.56 Å². The van der Waals surface area contributed by atoms with Gasteiger partial charge in [0.15, 0.2) is 5.58 Å². The number of furan rings is 1. The minimum absolute atomic E-state index is 0.343. The molecule has 0 atom stereocenters. The topological polar surface area (TPSA) is 89.7 Å². The molecule has 0 aliphatic carbocycles. The van der Waals surface area contributed by atoms with Crippen LogP contribution in [0.2, 0.25) is 0 Å². The molecule has 1 N–H and O–H groups in total. The van der Waals surface area contributed by atoms with Crippen molar-refractivity contribution in [2.45, 2.75) is 6.54 Å². The molecule has 0 fully saturated rings. The SMILES string of the molecule is O=C(O)Cn1ncn2c(cc3occc32)c1=O. The monoisotopic (exact) mass is 233 g/mol. The molecule has 86 valence electrons. The molecule has 3 aromatic rings. The zero-order valence-corrected chi connectivity index (χ0v) is 8.53. The average molecular weight is 233 g/mol. The Kier molecular flexibility index (Phi) is 1.82. The van der Waals surface area contributed by atoms with Gasteiger partial charge in [0, 0.05) is 12.1 Å². The van der Waals surface area contributed by atoms with Gasteiger partial charge in [-0.1, -0.05) is 0 Å². The van der Waals surface area contributed by atoms with Gasteiger partial charge >= 0.3 is 5.97 Å². The summed E-state index contributed by atoms with van der Waals surface area (Å²) in [5, 5.41) is 12.4. The zero-order chi connectivity index (χ0) is 12.0. The maximum absolute atomic E-state index is 11.9. The summed E-state index contributed by atoms with van der Waals surface area (Å²) in [6.07, 6.45) is 2.91. The van der Waals surface area contributed by atoms with Gasteiger partial charge in [-0.3, -0.25) is 14.0 Å². The maximum atomic E-state index is 11.9. The van der Waals surface area contributed by atoms with E-state index < -0.39 is 18.1 Å². The summed E-state index contributed by atoms with van der Waals surface area (Å²) in [7, 11) is 0. The number of carboxylic acids is 1. The van der Waals surface area contributed by atoms with Crippen LogP contribution in [0.5, 0.6) is 0 Å². The molecular formula is C10H7N3O4. The van der Waals surface area contributed by atoms with E-state index in [0.29, 0.717) is 11.1 Å². The molecule has 0 radical (unpaired) electrons. The van der Waals surface area contributed by atoms with Gasteiger partial charge in [0.1, 0.15) is 18.4 Å². The highest BCUT2D eigenvalue weighted by Crippen LogP contribution is 2.18. The first-order valence-corrected chi connectivity index (χ1v) is 4.83. The van der Waals surface area contributed by atoms with E-state index in [1.54, 1.807) is 16.5 Å². The summed E-state index contributed by atoms with van der Waals surface area (Å²) in [6, 6.07) is 3.28. The van der Waals surface area contributed by atoms with E-state index in [9.17, 15) is 9.59 Å². The van der Waals surface area contributed by atoms with Crippen molar-refractivity contribution in [2.75, 3.05) is 0 Å². The van der Waals surface area contributed by atoms with Gasteiger partial charge in [0.2, 0.25) is 0 Å². The third-order valence-electron chi connectivity index (χ3n) is 2.51. The molecule has 0 spiro atoms. The summed E-state index contributed by atoms with van der Waals surface area (Å²) in [6.45, 7) is -0.456. The van der Waals surface area contributed by atoms with Crippen molar-refractivity contribution in [3.8, 4) is 0 Å². The molecule has 0 unspecified atom stereocenters. The summed E-state index contributed by atoms with van der Waals surface area (Å²) in [4.78, 5) is 22.5. The Balaban J connectivity index is 2.33. The van der Waals surface area contributed by atoms with E-state index in [-0.39, 0.29) is 0 Å². The van der Waals surface area contributed by atoms with E-state index in [0.717, 1.165) is 10.2 Å². The fraction of sp³-hybridized carbons (Fsp3) is 0.100. The minimum Gasteiger partial charge on any atom is -0.480 e. The molecule has 7 heteroatoms. The first-order valence-electron chi connectivity index (χ1n) is 4.83. The summed E-state index contributed by atoms with van der Waals surface area (Å²) in [5.41, 5.74) is 1.18. The van der Waals surface area contributed by atoms with E-state index in [1.807, 2.05) is 0 Å². The van der Waals surface area contributed by atoms with Crippen LogP contribution in [-0.2, 0) is 11.3 Å². The number of hydrogen-bond acceptors (Lipinski definition) is 4. The highest BCUT2D eigenvalue weighted by Gasteiger charge is 2.11. The smallest absolute Gasteiger partial charge is 0.325 e. The average Bonchev–Trinajstić information content (AvgIpc) is 2.82. The van der Waals surface area contributed by atoms with Crippen LogP contribution < -0.4 is 5.56 Å². The Bertz CT molecular complexity index is 780. The van der Waals surface area contributed by atoms with Crippen molar-refractivity contribution in [1.29, 1.82) is 0 Å². The van der Waals surface area contributed by atoms with Gasteiger partial charge in [-0.05, 0) is 0 Å². The molecule has 0 saturated heterocycles. The van der Waals surface area contributed by atoms with Gasteiger partial charge in [-0.25, -0.2) is 4.68 Å². The lowest BCUT2D eigenvalue weighted by Crippen LogP contribution is -2.27. The van der Waals surface area contributed by atoms with E-state index in [1.165, 1.54) is 12.6 Å². The summed E-state index contributed by atoms with van der Waals surface area (Å²) >= 11 is 0. The number of aliphatic carboxylic acids is 1. The molecule has 3 rings (SSSR count). The molecule has 0 aliphatic rings. The second-order valence-corrected chi connectivity index (χ2v) is 3.56. The summed E-state index contributed by atoms with van der Waals surface area (Å²) < 4.78 is 7.63. The highest BCUT2D eigenvalue weighted by atomic mass is 16.4. The van der Waals surface area contributed by atoms with Crippen molar-refractivity contribution in [3.05, 3.63) is 35.1 Å². The molecular weight excluding hydrogens is 226 g/mol. The number of carboxylic acid groups (broad SMARTS) is 1. The van der Waals surface area contributed by atoms with Crippen LogP contribution in [0, 0.1) is 0 Å². The molecule has 7 nitrogen and oxygen atoms in total. The van der Waals surface area contributed by atoms with Gasteiger partial charge < -0.3 is 9.52 Å². The van der Waals surface area contributed by atoms with Crippen molar-refractivity contribution >= 4 is 22.6 Å². The second kappa shape index (κ2) is 3.21. The lowest BCUT2D eigenvalue weighted by Gasteiger charge is -2.01. The molecule has 17 heavy (non-hydrogen) atoms. The maximum Gasteiger partial charge on any atom is 0.325 e. The summed E-state index contributed by atoms with van der Waals surface area (Å²) in [5.74, 6) is -1.11. The van der Waals surface area contributed by atoms with Crippen molar-refractivity contribution < 1.29 is 14.3 Å². The first kappa shape index (κ1) is 9.64. The van der Waals surface area contributed by atoms with Crippen LogP contribution in [0.25, 0.3) is 16.6 Å². The first-order chi connectivity index (χ1) is 8.16. The molecule has 0 amide bonds. The van der Waals surface area contributed by atoms with Crippen LogP contribution in [0.4, 0.5) is 0 Å². The number of hydrogen-bond donors (Lipinski definition) is 1. The van der Waals surface area contributed by atoms with E-state index in [2.05, 4.69) is 5.10 Å². The Morgan fingerprint density at radius 3 is 3.06 bits per heavy atom. The largest absolute Gasteiger partial charge is 0.480 e. The molecule has 0 aromatic carbocycles. The Hall–Kier alpha value is -2.57. The van der Waals surface area contributed by atoms with E-state index >= 15 is 0 Å². The molecule has 3 aromatic heterocycles. The number of carbonyl (C=O) groups is 1. The van der Waals surface area contributed by atoms with Crippen molar-refractivity contribution in [1.82, 2.24) is 14.2 Å². The fourth-order valence-electron chi connectivity index (χ4n) is 1.77.